The molecule has 0 unspecified atom stereocenters. The highest BCUT2D eigenvalue weighted by Gasteiger charge is 2.28. The van der Waals surface area contributed by atoms with Crippen LogP contribution < -0.4 is 16.8 Å². The third-order valence-corrected chi connectivity index (χ3v) is 5.06. The molecule has 0 aromatic heterocycles. The van der Waals surface area contributed by atoms with E-state index in [2.05, 4.69) is 41.4 Å². The lowest BCUT2D eigenvalue weighted by Crippen LogP contribution is -2.26. The molecule has 3 aromatic rings. The zero-order chi connectivity index (χ0) is 21.1. The first-order valence-electron chi connectivity index (χ1n) is 9.47. The van der Waals surface area contributed by atoms with Crippen molar-refractivity contribution in [1.29, 1.82) is 0 Å². The van der Waals surface area contributed by atoms with Crippen molar-refractivity contribution < 1.29 is 13.9 Å². The zero-order valence-electron chi connectivity index (χ0n) is 16.1. The topological polar surface area (TPSA) is 90.4 Å². The molecule has 0 saturated carbocycles. The number of ether oxygens (including phenoxy) is 1. The number of amides is 1. The molecule has 3 aromatic carbocycles. The monoisotopic (exact) mass is 401 g/mol. The third-order valence-electron chi connectivity index (χ3n) is 5.06. The maximum Gasteiger partial charge on any atom is 0.407 e. The highest BCUT2D eigenvalue weighted by atomic mass is 19.1. The maximum atomic E-state index is 13.4. The van der Waals surface area contributed by atoms with Crippen LogP contribution in [-0.2, 0) is 4.74 Å². The number of carbonyl (C=O) groups is 1. The lowest BCUT2D eigenvalue weighted by molar-refractivity contribution is 0.144. The third kappa shape index (κ3) is 3.78. The Hall–Kier alpha value is -3.98. The fourth-order valence-corrected chi connectivity index (χ4v) is 3.65. The zero-order valence-corrected chi connectivity index (χ0v) is 16.1. The van der Waals surface area contributed by atoms with Gasteiger partial charge in [0.05, 0.1) is 23.5 Å². The van der Waals surface area contributed by atoms with E-state index in [1.54, 1.807) is 0 Å². The van der Waals surface area contributed by atoms with Crippen LogP contribution in [0.5, 0.6) is 0 Å². The van der Waals surface area contributed by atoms with E-state index in [1.165, 1.54) is 17.2 Å². The molecule has 0 bridgehead atoms. The molecule has 6 heteroatoms. The van der Waals surface area contributed by atoms with Gasteiger partial charge in [0.2, 0.25) is 0 Å². The molecule has 0 spiro atoms. The Balaban J connectivity index is 1.37. The molecule has 1 aliphatic rings. The summed E-state index contributed by atoms with van der Waals surface area (Å²) in [5.74, 6) is 4.90. The highest BCUT2D eigenvalue weighted by Crippen LogP contribution is 2.44. The van der Waals surface area contributed by atoms with Crippen molar-refractivity contribution in [3.05, 3.63) is 83.2 Å². The van der Waals surface area contributed by atoms with E-state index in [4.69, 9.17) is 16.2 Å². The second kappa shape index (κ2) is 8.18. The van der Waals surface area contributed by atoms with Crippen molar-refractivity contribution in [1.82, 2.24) is 5.32 Å². The van der Waals surface area contributed by atoms with Crippen molar-refractivity contribution in [3.63, 3.8) is 0 Å². The van der Waals surface area contributed by atoms with E-state index in [9.17, 15) is 9.18 Å². The maximum absolute atomic E-state index is 13.4. The number of benzene rings is 3. The molecule has 0 saturated heterocycles. The van der Waals surface area contributed by atoms with Gasteiger partial charge >= 0.3 is 6.09 Å². The van der Waals surface area contributed by atoms with Crippen LogP contribution in [-0.4, -0.2) is 19.2 Å². The normalized spacial score (nSPS) is 11.8. The Morgan fingerprint density at radius 1 is 1.03 bits per heavy atom. The first kappa shape index (κ1) is 19.3. The Morgan fingerprint density at radius 3 is 2.33 bits per heavy atom. The van der Waals surface area contributed by atoms with E-state index in [0.717, 1.165) is 17.2 Å². The van der Waals surface area contributed by atoms with Crippen LogP contribution in [0.25, 0.3) is 11.1 Å². The molecule has 1 aliphatic carbocycles. The molecule has 150 valence electrons. The van der Waals surface area contributed by atoms with Gasteiger partial charge in [-0.05, 0) is 34.4 Å². The van der Waals surface area contributed by atoms with Crippen LogP contribution in [0.2, 0.25) is 0 Å². The van der Waals surface area contributed by atoms with Crippen LogP contribution in [0, 0.1) is 17.7 Å². The number of hydrogen-bond acceptors (Lipinski definition) is 4. The number of hydrogen-bond donors (Lipinski definition) is 3. The number of nitrogen functional groups attached to an aromatic ring is 2. The lowest BCUT2D eigenvalue weighted by Gasteiger charge is -2.14. The number of rotatable bonds is 3. The smallest absolute Gasteiger partial charge is 0.407 e. The summed E-state index contributed by atoms with van der Waals surface area (Å²) in [6.07, 6.45) is -0.571. The van der Waals surface area contributed by atoms with Gasteiger partial charge in [-0.15, -0.1) is 0 Å². The number of alkyl carbamates (subject to hydrolysis) is 1. The standard InChI is InChI=1S/C24H20FN3O2/c25-16-12-15(23(27)22(26)13-16)6-5-11-28-24(29)30-14-21-19-9-3-1-7-17(19)18-8-2-4-10-20(18)21/h1-4,7-10,12-13,21H,11,14,26-27H2,(H,28,29). The van der Waals surface area contributed by atoms with Gasteiger partial charge in [0.15, 0.2) is 0 Å². The molecule has 0 fully saturated rings. The minimum Gasteiger partial charge on any atom is -0.449 e. The van der Waals surface area contributed by atoms with Gasteiger partial charge in [-0.3, -0.25) is 0 Å². The predicted molar refractivity (Wildman–Crippen MR) is 115 cm³/mol. The molecule has 5 nitrogen and oxygen atoms in total. The van der Waals surface area contributed by atoms with Crippen LogP contribution >= 0.6 is 0 Å². The van der Waals surface area contributed by atoms with E-state index in [1.807, 2.05) is 24.3 Å². The molecule has 0 heterocycles. The van der Waals surface area contributed by atoms with Crippen LogP contribution in [0.3, 0.4) is 0 Å². The average molecular weight is 401 g/mol. The van der Waals surface area contributed by atoms with Crippen molar-refractivity contribution in [2.24, 2.45) is 0 Å². The number of halogens is 1. The molecule has 0 aliphatic heterocycles. The highest BCUT2D eigenvalue weighted by molar-refractivity contribution is 5.79. The average Bonchev–Trinajstić information content (AvgIpc) is 3.07. The SMILES string of the molecule is Nc1cc(F)cc(C#CCNC(=O)OCC2c3ccccc3-c3ccccc32)c1N. The van der Waals surface area contributed by atoms with E-state index in [0.29, 0.717) is 0 Å². The summed E-state index contributed by atoms with van der Waals surface area (Å²) >= 11 is 0. The van der Waals surface area contributed by atoms with E-state index < -0.39 is 11.9 Å². The fourth-order valence-electron chi connectivity index (χ4n) is 3.65. The van der Waals surface area contributed by atoms with Gasteiger partial charge in [0.1, 0.15) is 12.4 Å². The first-order valence-corrected chi connectivity index (χ1v) is 9.47. The summed E-state index contributed by atoms with van der Waals surface area (Å²) in [5, 5.41) is 2.57. The van der Waals surface area contributed by atoms with Gasteiger partial charge in [-0.1, -0.05) is 60.4 Å². The Labute approximate surface area is 173 Å². The Kier molecular flexibility index (Phi) is 5.27. The summed E-state index contributed by atoms with van der Waals surface area (Å²) in [5.41, 5.74) is 16.6. The summed E-state index contributed by atoms with van der Waals surface area (Å²) < 4.78 is 18.8. The minimum absolute atomic E-state index is 0.00991. The number of fused-ring (bicyclic) bond motifs is 3. The van der Waals surface area contributed by atoms with Gasteiger partial charge in [-0.25, -0.2) is 9.18 Å². The molecule has 30 heavy (non-hydrogen) atoms. The van der Waals surface area contributed by atoms with Gasteiger partial charge in [0.25, 0.3) is 0 Å². The van der Waals surface area contributed by atoms with Gasteiger partial charge in [0, 0.05) is 5.92 Å². The second-order valence-electron chi connectivity index (χ2n) is 6.94. The van der Waals surface area contributed by atoms with E-state index in [-0.39, 0.29) is 36.0 Å². The molecule has 1 amide bonds. The lowest BCUT2D eigenvalue weighted by atomic mass is 9.98. The summed E-state index contributed by atoms with van der Waals surface area (Å²) in [6, 6.07) is 18.6. The summed E-state index contributed by atoms with van der Waals surface area (Å²) in [6.45, 7) is 0.257. The number of nitrogens with two attached hydrogens (primary N) is 2. The van der Waals surface area contributed by atoms with Crippen molar-refractivity contribution in [2.75, 3.05) is 24.6 Å². The molecule has 4 rings (SSSR count). The summed E-state index contributed by atoms with van der Waals surface area (Å²) in [7, 11) is 0. The fraction of sp³-hybridized carbons (Fsp3) is 0.125. The number of nitrogens with one attached hydrogen (secondary N) is 1. The molecular weight excluding hydrogens is 381 g/mol. The predicted octanol–water partition coefficient (Wildman–Crippen LogP) is 3.88. The molecule has 0 atom stereocenters. The quantitative estimate of drug-likeness (QED) is 0.459. The Bertz CT molecular complexity index is 1140. The van der Waals surface area contributed by atoms with E-state index >= 15 is 0 Å². The van der Waals surface area contributed by atoms with Gasteiger partial charge in [-0.2, -0.15) is 0 Å². The summed E-state index contributed by atoms with van der Waals surface area (Å²) in [4.78, 5) is 12.1. The molecular formula is C24H20FN3O2. The molecule has 5 N–H and O–H groups in total. The van der Waals surface area contributed by atoms with Crippen LogP contribution in [0.1, 0.15) is 22.6 Å². The van der Waals surface area contributed by atoms with Crippen molar-refractivity contribution >= 4 is 17.5 Å². The molecule has 0 radical (unpaired) electrons. The second-order valence-corrected chi connectivity index (χ2v) is 6.94. The van der Waals surface area contributed by atoms with Gasteiger partial charge < -0.3 is 21.5 Å². The van der Waals surface area contributed by atoms with Crippen molar-refractivity contribution in [2.45, 2.75) is 5.92 Å². The Morgan fingerprint density at radius 2 is 1.67 bits per heavy atom. The first-order chi connectivity index (χ1) is 14.5. The van der Waals surface area contributed by atoms with Crippen LogP contribution in [0.15, 0.2) is 60.7 Å². The minimum atomic E-state index is -0.571. The van der Waals surface area contributed by atoms with Crippen LogP contribution in [0.4, 0.5) is 20.6 Å². The number of anilines is 2. The van der Waals surface area contributed by atoms with Crippen molar-refractivity contribution in [3.8, 4) is 23.0 Å². The largest absolute Gasteiger partial charge is 0.449 e. The number of carbonyl (C=O) groups excluding carboxylic acids is 1.